The average Bonchev–Trinajstić information content (AvgIpc) is 3.00. The Morgan fingerprint density at radius 2 is 1.75 bits per heavy atom. The summed E-state index contributed by atoms with van der Waals surface area (Å²) in [6.07, 6.45) is 0.0486. The lowest BCUT2D eigenvalue weighted by molar-refractivity contribution is -0.122. The third-order valence-corrected chi connectivity index (χ3v) is 4.64. The van der Waals surface area contributed by atoms with Crippen LogP contribution in [0, 0.1) is 0 Å². The highest BCUT2D eigenvalue weighted by molar-refractivity contribution is 9.11. The first kappa shape index (κ1) is 18.2. The van der Waals surface area contributed by atoms with Gasteiger partial charge in [0.15, 0.2) is 0 Å². The maximum atomic E-state index is 12.0. The number of thiophene rings is 1. The summed E-state index contributed by atoms with van der Waals surface area (Å²) in [6.45, 7) is 1.72. The molecular formula is C16H16BrN3O3S. The maximum absolute atomic E-state index is 12.0. The Bertz CT molecular complexity index is 733. The van der Waals surface area contributed by atoms with Gasteiger partial charge in [0.1, 0.15) is 0 Å². The van der Waals surface area contributed by atoms with E-state index in [4.69, 9.17) is 0 Å². The third-order valence-electron chi connectivity index (χ3n) is 3.02. The van der Waals surface area contributed by atoms with E-state index in [1.165, 1.54) is 11.3 Å². The summed E-state index contributed by atoms with van der Waals surface area (Å²) in [7, 11) is 0. The van der Waals surface area contributed by atoms with Crippen LogP contribution in [0.4, 0.5) is 0 Å². The van der Waals surface area contributed by atoms with Gasteiger partial charge in [-0.25, -0.2) is 0 Å². The van der Waals surface area contributed by atoms with Crippen molar-refractivity contribution in [1.82, 2.24) is 16.2 Å². The number of carbonyl (C=O) groups excluding carboxylic acids is 3. The van der Waals surface area contributed by atoms with E-state index in [-0.39, 0.29) is 30.2 Å². The van der Waals surface area contributed by atoms with Gasteiger partial charge in [0.25, 0.3) is 11.8 Å². The van der Waals surface area contributed by atoms with E-state index in [2.05, 4.69) is 32.1 Å². The van der Waals surface area contributed by atoms with E-state index in [1.807, 2.05) is 6.07 Å². The lowest BCUT2D eigenvalue weighted by Gasteiger charge is -2.14. The zero-order valence-electron chi connectivity index (χ0n) is 12.8. The van der Waals surface area contributed by atoms with Crippen molar-refractivity contribution in [2.75, 3.05) is 0 Å². The van der Waals surface area contributed by atoms with Crippen LogP contribution in [0.3, 0.4) is 0 Å². The second-order valence-corrected chi connectivity index (χ2v) is 7.51. The molecule has 0 fully saturated rings. The number of amides is 3. The molecule has 1 aromatic carbocycles. The summed E-state index contributed by atoms with van der Waals surface area (Å²) in [6, 6.07) is 11.8. The van der Waals surface area contributed by atoms with E-state index in [1.54, 1.807) is 43.3 Å². The molecule has 0 aliphatic carbocycles. The van der Waals surface area contributed by atoms with Gasteiger partial charge in [-0.3, -0.25) is 25.2 Å². The van der Waals surface area contributed by atoms with Crippen LogP contribution in [-0.4, -0.2) is 23.8 Å². The first-order valence-electron chi connectivity index (χ1n) is 7.16. The van der Waals surface area contributed by atoms with Gasteiger partial charge in [-0.2, -0.15) is 0 Å². The topological polar surface area (TPSA) is 87.3 Å². The molecule has 1 atom stereocenters. The second-order valence-electron chi connectivity index (χ2n) is 5.05. The summed E-state index contributed by atoms with van der Waals surface area (Å²) in [4.78, 5) is 36.1. The summed E-state index contributed by atoms with van der Waals surface area (Å²) in [5.74, 6) is -1.02. The molecule has 126 valence electrons. The minimum absolute atomic E-state index is 0.0486. The summed E-state index contributed by atoms with van der Waals surface area (Å²) in [5.41, 5.74) is 5.21. The Kier molecular flexibility index (Phi) is 6.51. The van der Waals surface area contributed by atoms with E-state index < -0.39 is 0 Å². The molecular weight excluding hydrogens is 394 g/mol. The molecule has 3 N–H and O–H groups in total. The molecule has 0 radical (unpaired) electrons. The van der Waals surface area contributed by atoms with Crippen molar-refractivity contribution >= 4 is 45.0 Å². The van der Waals surface area contributed by atoms with Crippen LogP contribution >= 0.6 is 27.3 Å². The van der Waals surface area contributed by atoms with Gasteiger partial charge in [-0.05, 0) is 47.1 Å². The lowest BCUT2D eigenvalue weighted by atomic mass is 10.2. The van der Waals surface area contributed by atoms with Crippen molar-refractivity contribution in [3.05, 3.63) is 56.7 Å². The molecule has 2 aromatic rings. The van der Waals surface area contributed by atoms with Gasteiger partial charge in [-0.15, -0.1) is 11.3 Å². The average molecular weight is 410 g/mol. The van der Waals surface area contributed by atoms with E-state index >= 15 is 0 Å². The number of hydrogen-bond acceptors (Lipinski definition) is 4. The molecule has 0 aliphatic heterocycles. The van der Waals surface area contributed by atoms with Crippen molar-refractivity contribution in [2.24, 2.45) is 0 Å². The van der Waals surface area contributed by atoms with Gasteiger partial charge >= 0.3 is 0 Å². The zero-order chi connectivity index (χ0) is 17.5. The molecule has 2 rings (SSSR count). The van der Waals surface area contributed by atoms with Crippen molar-refractivity contribution in [3.8, 4) is 0 Å². The van der Waals surface area contributed by atoms with Crippen LogP contribution < -0.4 is 16.2 Å². The van der Waals surface area contributed by atoms with Gasteiger partial charge < -0.3 is 5.32 Å². The van der Waals surface area contributed by atoms with Crippen LogP contribution in [0.25, 0.3) is 0 Å². The molecule has 8 heteroatoms. The Morgan fingerprint density at radius 3 is 2.38 bits per heavy atom. The second kappa shape index (κ2) is 8.60. The number of hydrazine groups is 1. The quantitative estimate of drug-likeness (QED) is 0.662. The smallest absolute Gasteiger partial charge is 0.279 e. The predicted molar refractivity (Wildman–Crippen MR) is 95.6 cm³/mol. The summed E-state index contributed by atoms with van der Waals surface area (Å²) < 4.78 is 0.830. The van der Waals surface area contributed by atoms with Crippen LogP contribution in [0.1, 0.15) is 33.4 Å². The normalized spacial score (nSPS) is 11.4. The fraction of sp³-hybridized carbons (Fsp3) is 0.188. The highest BCUT2D eigenvalue weighted by Gasteiger charge is 2.14. The first-order chi connectivity index (χ1) is 11.5. The number of rotatable bonds is 5. The molecule has 0 saturated carbocycles. The number of carbonyl (C=O) groups is 3. The number of halogens is 1. The van der Waals surface area contributed by atoms with Gasteiger partial charge in [0.05, 0.1) is 8.66 Å². The van der Waals surface area contributed by atoms with Crippen molar-refractivity contribution in [2.45, 2.75) is 19.4 Å². The highest BCUT2D eigenvalue weighted by Crippen LogP contribution is 2.21. The SMILES string of the molecule is CC(CC(=O)NNC(=O)c1ccc(Br)s1)NC(=O)c1ccccc1. The minimum atomic E-state index is -0.389. The fourth-order valence-corrected chi connectivity index (χ4v) is 3.18. The molecule has 0 saturated heterocycles. The first-order valence-corrected chi connectivity index (χ1v) is 8.77. The van der Waals surface area contributed by atoms with E-state index in [9.17, 15) is 14.4 Å². The number of hydrogen-bond donors (Lipinski definition) is 3. The van der Waals surface area contributed by atoms with Crippen LogP contribution in [0.15, 0.2) is 46.3 Å². The van der Waals surface area contributed by atoms with Crippen molar-refractivity contribution in [3.63, 3.8) is 0 Å². The molecule has 1 aromatic heterocycles. The molecule has 1 heterocycles. The summed E-state index contributed by atoms with van der Waals surface area (Å²) >= 11 is 4.53. The number of benzene rings is 1. The summed E-state index contributed by atoms with van der Waals surface area (Å²) in [5, 5.41) is 2.73. The minimum Gasteiger partial charge on any atom is -0.349 e. The molecule has 24 heavy (non-hydrogen) atoms. The predicted octanol–water partition coefficient (Wildman–Crippen LogP) is 2.48. The largest absolute Gasteiger partial charge is 0.349 e. The Morgan fingerprint density at radius 1 is 1.04 bits per heavy atom. The molecule has 0 aliphatic rings. The van der Waals surface area contributed by atoms with Gasteiger partial charge in [0.2, 0.25) is 5.91 Å². The van der Waals surface area contributed by atoms with Crippen molar-refractivity contribution in [1.29, 1.82) is 0 Å². The van der Waals surface area contributed by atoms with E-state index in [0.29, 0.717) is 10.4 Å². The Balaban J connectivity index is 1.75. The molecule has 0 spiro atoms. The molecule has 6 nitrogen and oxygen atoms in total. The standard InChI is InChI=1S/C16H16BrN3O3S/c1-10(18-15(22)11-5-3-2-4-6-11)9-14(21)19-20-16(23)12-7-8-13(17)24-12/h2-8,10H,9H2,1H3,(H,18,22)(H,19,21)(H,20,23). The zero-order valence-corrected chi connectivity index (χ0v) is 15.2. The molecule has 1 unspecified atom stereocenters. The lowest BCUT2D eigenvalue weighted by Crippen LogP contribution is -2.44. The van der Waals surface area contributed by atoms with Gasteiger partial charge in [0, 0.05) is 18.0 Å². The van der Waals surface area contributed by atoms with Crippen LogP contribution in [0.5, 0.6) is 0 Å². The monoisotopic (exact) mass is 409 g/mol. The molecule has 0 bridgehead atoms. The van der Waals surface area contributed by atoms with Crippen molar-refractivity contribution < 1.29 is 14.4 Å². The maximum Gasteiger partial charge on any atom is 0.279 e. The third kappa shape index (κ3) is 5.47. The Labute approximate surface area is 151 Å². The fourth-order valence-electron chi connectivity index (χ4n) is 1.90. The highest BCUT2D eigenvalue weighted by atomic mass is 79.9. The van der Waals surface area contributed by atoms with Gasteiger partial charge in [-0.1, -0.05) is 18.2 Å². The van der Waals surface area contributed by atoms with Crippen LogP contribution in [-0.2, 0) is 4.79 Å². The van der Waals surface area contributed by atoms with E-state index in [0.717, 1.165) is 3.79 Å². The Hall–Kier alpha value is -2.19. The van der Waals surface area contributed by atoms with Crippen LogP contribution in [0.2, 0.25) is 0 Å². The number of nitrogens with one attached hydrogen (secondary N) is 3. The molecule has 3 amide bonds.